The van der Waals surface area contributed by atoms with E-state index < -0.39 is 6.10 Å². The van der Waals surface area contributed by atoms with Crippen LogP contribution in [0.15, 0.2) is 24.3 Å². The second kappa shape index (κ2) is 9.22. The molecule has 1 fully saturated rings. The number of aliphatic hydroxyl groups is 1. The van der Waals surface area contributed by atoms with Crippen molar-refractivity contribution in [3.05, 3.63) is 24.3 Å². The second-order valence-electron chi connectivity index (χ2n) is 5.38. The molecule has 0 bridgehead atoms. The SMILES string of the molecule is COc1cccc(OC[C@H](O)CNC(=O)NC2CCOCC2)c1. The van der Waals surface area contributed by atoms with E-state index in [1.54, 1.807) is 25.3 Å². The fourth-order valence-electron chi connectivity index (χ4n) is 2.23. The summed E-state index contributed by atoms with van der Waals surface area (Å²) in [5.74, 6) is 1.29. The van der Waals surface area contributed by atoms with Gasteiger partial charge in [0.15, 0.2) is 0 Å². The van der Waals surface area contributed by atoms with Gasteiger partial charge in [0, 0.05) is 31.9 Å². The summed E-state index contributed by atoms with van der Waals surface area (Å²) in [6.45, 7) is 1.55. The fraction of sp³-hybridized carbons (Fsp3) is 0.562. The van der Waals surface area contributed by atoms with E-state index in [0.29, 0.717) is 24.7 Å². The molecule has 23 heavy (non-hydrogen) atoms. The third-order valence-electron chi connectivity index (χ3n) is 3.54. The van der Waals surface area contributed by atoms with Crippen LogP contribution in [0.25, 0.3) is 0 Å². The zero-order valence-electron chi connectivity index (χ0n) is 13.3. The molecule has 1 aliphatic rings. The van der Waals surface area contributed by atoms with E-state index in [2.05, 4.69) is 10.6 Å². The maximum absolute atomic E-state index is 11.7. The summed E-state index contributed by atoms with van der Waals surface area (Å²) in [6, 6.07) is 6.98. The highest BCUT2D eigenvalue weighted by Crippen LogP contribution is 2.18. The summed E-state index contributed by atoms with van der Waals surface area (Å²) in [5.41, 5.74) is 0. The van der Waals surface area contributed by atoms with Crippen LogP contribution in [0.3, 0.4) is 0 Å². The van der Waals surface area contributed by atoms with Gasteiger partial charge in [-0.15, -0.1) is 0 Å². The lowest BCUT2D eigenvalue weighted by atomic mass is 10.1. The molecule has 0 unspecified atom stereocenters. The Morgan fingerprint density at radius 3 is 2.87 bits per heavy atom. The van der Waals surface area contributed by atoms with Gasteiger partial charge < -0.3 is 30.0 Å². The van der Waals surface area contributed by atoms with Crippen LogP contribution in [-0.4, -0.2) is 56.8 Å². The molecule has 0 radical (unpaired) electrons. The van der Waals surface area contributed by atoms with E-state index in [0.717, 1.165) is 12.8 Å². The number of hydrogen-bond donors (Lipinski definition) is 3. The number of urea groups is 1. The first-order valence-corrected chi connectivity index (χ1v) is 7.74. The highest BCUT2D eigenvalue weighted by Gasteiger charge is 2.16. The molecule has 1 heterocycles. The standard InChI is InChI=1S/C16H24N2O5/c1-21-14-3-2-4-15(9-14)23-11-13(19)10-17-16(20)18-12-5-7-22-8-6-12/h2-4,9,12-13,19H,5-8,10-11H2,1H3,(H2,17,18,20)/t13-/m1/s1. The van der Waals surface area contributed by atoms with Crippen LogP contribution >= 0.6 is 0 Å². The van der Waals surface area contributed by atoms with Gasteiger partial charge in [-0.25, -0.2) is 4.79 Å². The fourth-order valence-corrected chi connectivity index (χ4v) is 2.23. The minimum atomic E-state index is -0.790. The predicted octanol–water partition coefficient (Wildman–Crippen LogP) is 0.913. The van der Waals surface area contributed by atoms with E-state index in [4.69, 9.17) is 14.2 Å². The minimum absolute atomic E-state index is 0.0880. The lowest BCUT2D eigenvalue weighted by Gasteiger charge is -2.23. The van der Waals surface area contributed by atoms with Crippen molar-refractivity contribution in [1.29, 1.82) is 0 Å². The van der Waals surface area contributed by atoms with Crippen molar-refractivity contribution in [2.24, 2.45) is 0 Å². The third-order valence-corrected chi connectivity index (χ3v) is 3.54. The van der Waals surface area contributed by atoms with Gasteiger partial charge in [-0.2, -0.15) is 0 Å². The van der Waals surface area contributed by atoms with Crippen molar-refractivity contribution < 1.29 is 24.1 Å². The average Bonchev–Trinajstić information content (AvgIpc) is 2.59. The van der Waals surface area contributed by atoms with Crippen molar-refractivity contribution in [2.45, 2.75) is 25.0 Å². The van der Waals surface area contributed by atoms with Crippen LogP contribution in [0.4, 0.5) is 4.79 Å². The number of carbonyl (C=O) groups excluding carboxylic acids is 1. The number of carbonyl (C=O) groups is 1. The number of benzene rings is 1. The van der Waals surface area contributed by atoms with Gasteiger partial charge in [0.05, 0.1) is 7.11 Å². The van der Waals surface area contributed by atoms with Gasteiger partial charge in [-0.3, -0.25) is 0 Å². The van der Waals surface area contributed by atoms with Crippen LogP contribution in [0.1, 0.15) is 12.8 Å². The molecule has 1 aromatic carbocycles. The molecule has 0 saturated carbocycles. The van der Waals surface area contributed by atoms with Crippen LogP contribution < -0.4 is 20.1 Å². The lowest BCUT2D eigenvalue weighted by molar-refractivity contribution is 0.0792. The number of methoxy groups -OCH3 is 1. The molecular formula is C16H24N2O5. The Kier molecular flexibility index (Phi) is 6.96. The monoisotopic (exact) mass is 324 g/mol. The van der Waals surface area contributed by atoms with Crippen molar-refractivity contribution in [2.75, 3.05) is 33.5 Å². The molecule has 1 saturated heterocycles. The van der Waals surface area contributed by atoms with Gasteiger partial charge in [-0.05, 0) is 25.0 Å². The van der Waals surface area contributed by atoms with Crippen LogP contribution in [0, 0.1) is 0 Å². The van der Waals surface area contributed by atoms with Crippen LogP contribution in [0.5, 0.6) is 11.5 Å². The molecule has 0 aromatic heterocycles. The van der Waals surface area contributed by atoms with Gasteiger partial charge in [0.1, 0.15) is 24.2 Å². The molecule has 0 spiro atoms. The molecule has 1 atom stereocenters. The molecule has 2 amide bonds. The summed E-state index contributed by atoms with van der Waals surface area (Å²) < 4.78 is 15.8. The molecule has 2 rings (SSSR count). The molecule has 1 aliphatic heterocycles. The van der Waals surface area contributed by atoms with Crippen molar-refractivity contribution in [1.82, 2.24) is 10.6 Å². The zero-order valence-corrected chi connectivity index (χ0v) is 13.3. The first-order valence-electron chi connectivity index (χ1n) is 7.74. The Bertz CT molecular complexity index is 491. The number of hydrogen-bond acceptors (Lipinski definition) is 5. The third kappa shape index (κ3) is 6.33. The maximum atomic E-state index is 11.7. The summed E-state index contributed by atoms with van der Waals surface area (Å²) in [7, 11) is 1.58. The topological polar surface area (TPSA) is 89.0 Å². The van der Waals surface area contributed by atoms with Gasteiger partial charge in [0.2, 0.25) is 0 Å². The number of rotatable bonds is 7. The first kappa shape index (κ1) is 17.4. The van der Waals surface area contributed by atoms with E-state index in [-0.39, 0.29) is 25.2 Å². The van der Waals surface area contributed by atoms with Crippen molar-refractivity contribution in [3.8, 4) is 11.5 Å². The second-order valence-corrected chi connectivity index (χ2v) is 5.38. The Labute approximate surface area is 135 Å². The van der Waals surface area contributed by atoms with Gasteiger partial charge >= 0.3 is 6.03 Å². The maximum Gasteiger partial charge on any atom is 0.315 e. The Hall–Kier alpha value is -1.99. The number of aliphatic hydroxyl groups excluding tert-OH is 1. The summed E-state index contributed by atoms with van der Waals surface area (Å²) in [4.78, 5) is 11.7. The lowest BCUT2D eigenvalue weighted by Crippen LogP contribution is -2.47. The molecule has 1 aromatic rings. The minimum Gasteiger partial charge on any atom is -0.497 e. The number of nitrogens with one attached hydrogen (secondary N) is 2. The predicted molar refractivity (Wildman–Crippen MR) is 84.9 cm³/mol. The first-order chi connectivity index (χ1) is 11.2. The number of amides is 2. The molecule has 7 nitrogen and oxygen atoms in total. The van der Waals surface area contributed by atoms with E-state index in [1.807, 2.05) is 6.07 Å². The summed E-state index contributed by atoms with van der Waals surface area (Å²) >= 11 is 0. The Morgan fingerprint density at radius 2 is 2.13 bits per heavy atom. The highest BCUT2D eigenvalue weighted by molar-refractivity contribution is 5.74. The molecular weight excluding hydrogens is 300 g/mol. The average molecular weight is 324 g/mol. The molecule has 128 valence electrons. The quantitative estimate of drug-likeness (QED) is 0.694. The van der Waals surface area contributed by atoms with Gasteiger partial charge in [-0.1, -0.05) is 6.07 Å². The van der Waals surface area contributed by atoms with Crippen molar-refractivity contribution in [3.63, 3.8) is 0 Å². The Morgan fingerprint density at radius 1 is 1.39 bits per heavy atom. The van der Waals surface area contributed by atoms with E-state index >= 15 is 0 Å². The summed E-state index contributed by atoms with van der Waals surface area (Å²) in [5, 5.41) is 15.4. The summed E-state index contributed by atoms with van der Waals surface area (Å²) in [6.07, 6.45) is 0.839. The zero-order chi connectivity index (χ0) is 16.5. The molecule has 0 aliphatic carbocycles. The normalized spacial score (nSPS) is 16.4. The van der Waals surface area contributed by atoms with E-state index in [1.165, 1.54) is 0 Å². The van der Waals surface area contributed by atoms with Crippen LogP contribution in [0.2, 0.25) is 0 Å². The largest absolute Gasteiger partial charge is 0.497 e. The van der Waals surface area contributed by atoms with Gasteiger partial charge in [0.25, 0.3) is 0 Å². The van der Waals surface area contributed by atoms with E-state index in [9.17, 15) is 9.90 Å². The number of ether oxygens (including phenoxy) is 3. The highest BCUT2D eigenvalue weighted by atomic mass is 16.5. The van der Waals surface area contributed by atoms with Crippen molar-refractivity contribution >= 4 is 6.03 Å². The molecule has 3 N–H and O–H groups in total. The smallest absolute Gasteiger partial charge is 0.315 e. The molecule has 7 heteroatoms. The Balaban J connectivity index is 1.63. The van der Waals surface area contributed by atoms with Crippen LogP contribution in [-0.2, 0) is 4.74 Å².